The smallest absolute Gasteiger partial charge is 0.136 e. The minimum absolute atomic E-state index is 0.865. The highest BCUT2D eigenvalue weighted by Gasteiger charge is 2.23. The fraction of sp³-hybridized carbons (Fsp3) is 0. The first-order valence-corrected chi connectivity index (χ1v) is 28.2. The summed E-state index contributed by atoms with van der Waals surface area (Å²) in [6, 6.07) is 106. The van der Waals surface area contributed by atoms with E-state index < -0.39 is 0 Å². The molecule has 17 rings (SSSR count). The summed E-state index contributed by atoms with van der Waals surface area (Å²) in [5.74, 6) is 0. The molecule has 17 aromatic rings. The second-order valence-electron chi connectivity index (χ2n) is 21.7. The Morgan fingerprint density at radius 1 is 0.159 bits per heavy atom. The number of furan rings is 2. The predicted octanol–water partition coefficient (Wildman–Crippen LogP) is 22.9. The first-order valence-electron chi connectivity index (χ1n) is 28.2. The lowest BCUT2D eigenvalue weighted by Crippen LogP contribution is -1.93. The lowest BCUT2D eigenvalue weighted by atomic mass is 9.83. The Labute approximate surface area is 473 Å². The van der Waals surface area contributed by atoms with Crippen LogP contribution in [0.15, 0.2) is 300 Å². The zero-order valence-electron chi connectivity index (χ0n) is 44.5. The van der Waals surface area contributed by atoms with Crippen molar-refractivity contribution in [2.24, 2.45) is 0 Å². The molecule has 0 radical (unpaired) electrons. The van der Waals surface area contributed by atoms with Gasteiger partial charge in [0.2, 0.25) is 0 Å². The third kappa shape index (κ3) is 7.22. The van der Waals surface area contributed by atoms with E-state index in [0.717, 1.165) is 71.7 Å². The van der Waals surface area contributed by atoms with Crippen LogP contribution in [-0.4, -0.2) is 0 Å². The molecule has 2 nitrogen and oxygen atoms in total. The molecule has 380 valence electrons. The van der Waals surface area contributed by atoms with Gasteiger partial charge in [0, 0.05) is 21.5 Å². The standard InChI is InChI=1S/C80H48O2/c1-2-18-50(19-3-1)71-45-51(36-42-70(71)80-68-32-12-10-30-66(68)79(67-31-11-13-33-69(67)80)55-37-40-60-59-25-14-15-35-73(59)81-75(60)47-55)52-39-43-74-72(46-52)61-41-38-56(48-76(61)82-74)78-64-28-8-6-26-62(64)77(63-27-7-9-29-65(63)78)54-23-16-22-53(44-54)58-34-17-21-49-20-4-5-24-57(49)58/h1-48H. The van der Waals surface area contributed by atoms with Gasteiger partial charge in [-0.1, -0.05) is 237 Å². The summed E-state index contributed by atoms with van der Waals surface area (Å²) in [4.78, 5) is 0. The first kappa shape index (κ1) is 46.1. The Bertz CT molecular complexity index is 5340. The van der Waals surface area contributed by atoms with Crippen molar-refractivity contribution < 1.29 is 8.83 Å². The number of benzene rings is 15. The fourth-order valence-electron chi connectivity index (χ4n) is 13.6. The summed E-state index contributed by atoms with van der Waals surface area (Å²) >= 11 is 0. The van der Waals surface area contributed by atoms with Crippen LogP contribution < -0.4 is 0 Å². The van der Waals surface area contributed by atoms with Crippen LogP contribution in [0.2, 0.25) is 0 Å². The van der Waals surface area contributed by atoms with Crippen molar-refractivity contribution in [3.63, 3.8) is 0 Å². The Morgan fingerprint density at radius 2 is 0.561 bits per heavy atom. The Morgan fingerprint density at radius 3 is 1.17 bits per heavy atom. The van der Waals surface area contributed by atoms with E-state index >= 15 is 0 Å². The second-order valence-corrected chi connectivity index (χ2v) is 21.7. The van der Waals surface area contributed by atoms with E-state index in [9.17, 15) is 0 Å². The SMILES string of the molecule is c1ccc(-c2cc(-c3ccc4oc5cc(-c6c7ccccc7c(-c7cccc(-c8cccc9ccccc89)c7)c7ccccc67)ccc5c4c3)ccc2-c2c3ccccc3c(-c3ccc4c(c3)oc3ccccc34)c3ccccc23)cc1. The lowest BCUT2D eigenvalue weighted by Gasteiger charge is -2.20. The van der Waals surface area contributed by atoms with Crippen molar-refractivity contribution in [3.8, 4) is 77.9 Å². The molecule has 0 spiro atoms. The highest BCUT2D eigenvalue weighted by molar-refractivity contribution is 6.24. The van der Waals surface area contributed by atoms with E-state index in [2.05, 4.69) is 285 Å². The van der Waals surface area contributed by atoms with Crippen LogP contribution in [0.3, 0.4) is 0 Å². The maximum Gasteiger partial charge on any atom is 0.136 e. The highest BCUT2D eigenvalue weighted by atomic mass is 16.3. The summed E-state index contributed by atoms with van der Waals surface area (Å²) in [6.45, 7) is 0. The van der Waals surface area contributed by atoms with Gasteiger partial charge in [-0.15, -0.1) is 0 Å². The molecule has 0 unspecified atom stereocenters. The van der Waals surface area contributed by atoms with Gasteiger partial charge in [0.15, 0.2) is 0 Å². The van der Waals surface area contributed by atoms with Crippen molar-refractivity contribution in [1.29, 1.82) is 0 Å². The van der Waals surface area contributed by atoms with Gasteiger partial charge in [-0.05, 0) is 186 Å². The third-order valence-corrected chi connectivity index (χ3v) is 17.2. The number of para-hydroxylation sites is 1. The maximum atomic E-state index is 6.83. The molecule has 0 amide bonds. The van der Waals surface area contributed by atoms with Gasteiger partial charge in [0.1, 0.15) is 22.3 Å². The van der Waals surface area contributed by atoms with Gasteiger partial charge in [-0.3, -0.25) is 0 Å². The van der Waals surface area contributed by atoms with Gasteiger partial charge in [0.05, 0.1) is 0 Å². The molecule has 0 bridgehead atoms. The maximum absolute atomic E-state index is 6.83. The zero-order chi connectivity index (χ0) is 53.8. The van der Waals surface area contributed by atoms with Crippen LogP contribution in [0, 0.1) is 0 Å². The number of hydrogen-bond donors (Lipinski definition) is 0. The van der Waals surface area contributed by atoms with Crippen LogP contribution in [0.4, 0.5) is 0 Å². The van der Waals surface area contributed by atoms with Gasteiger partial charge in [0.25, 0.3) is 0 Å². The minimum Gasteiger partial charge on any atom is -0.456 e. The van der Waals surface area contributed by atoms with Crippen molar-refractivity contribution >= 4 is 97.7 Å². The van der Waals surface area contributed by atoms with Gasteiger partial charge in [-0.2, -0.15) is 0 Å². The predicted molar refractivity (Wildman–Crippen MR) is 347 cm³/mol. The molecular formula is C80H48O2. The quantitative estimate of drug-likeness (QED) is 0.149. The topological polar surface area (TPSA) is 26.3 Å². The first-order chi connectivity index (χ1) is 40.7. The van der Waals surface area contributed by atoms with E-state index in [1.165, 1.54) is 104 Å². The molecular weight excluding hydrogens is 993 g/mol. The monoisotopic (exact) mass is 1040 g/mol. The van der Waals surface area contributed by atoms with Crippen LogP contribution in [0.5, 0.6) is 0 Å². The molecule has 0 saturated carbocycles. The van der Waals surface area contributed by atoms with E-state index in [-0.39, 0.29) is 0 Å². The zero-order valence-corrected chi connectivity index (χ0v) is 44.5. The average molecular weight is 1040 g/mol. The van der Waals surface area contributed by atoms with Crippen LogP contribution in [0.25, 0.3) is 176 Å². The van der Waals surface area contributed by atoms with Crippen LogP contribution >= 0.6 is 0 Å². The summed E-state index contributed by atoms with van der Waals surface area (Å²) in [5.41, 5.74) is 20.1. The Kier molecular flexibility index (Phi) is 10.3. The van der Waals surface area contributed by atoms with E-state index in [0.29, 0.717) is 0 Å². The van der Waals surface area contributed by atoms with E-state index in [4.69, 9.17) is 8.83 Å². The van der Waals surface area contributed by atoms with Crippen LogP contribution in [-0.2, 0) is 0 Å². The summed E-state index contributed by atoms with van der Waals surface area (Å²) < 4.78 is 13.3. The fourth-order valence-corrected chi connectivity index (χ4v) is 13.6. The Balaban J connectivity index is 0.785. The molecule has 0 aliphatic carbocycles. The van der Waals surface area contributed by atoms with Crippen molar-refractivity contribution in [3.05, 3.63) is 291 Å². The summed E-state index contributed by atoms with van der Waals surface area (Å²) in [7, 11) is 0. The summed E-state index contributed by atoms with van der Waals surface area (Å²) in [5, 5.41) is 16.6. The molecule has 82 heavy (non-hydrogen) atoms. The molecule has 0 atom stereocenters. The third-order valence-electron chi connectivity index (χ3n) is 17.2. The van der Waals surface area contributed by atoms with Gasteiger partial charge in [-0.25, -0.2) is 0 Å². The molecule has 2 heteroatoms. The summed E-state index contributed by atoms with van der Waals surface area (Å²) in [6.07, 6.45) is 0. The molecule has 15 aromatic carbocycles. The molecule has 0 fully saturated rings. The lowest BCUT2D eigenvalue weighted by molar-refractivity contribution is 0.668. The Hall–Kier alpha value is -10.8. The molecule has 2 heterocycles. The largest absolute Gasteiger partial charge is 0.456 e. The second kappa shape index (κ2) is 18.4. The number of rotatable bonds is 7. The average Bonchev–Trinajstić information content (AvgIpc) is 2.58. The van der Waals surface area contributed by atoms with E-state index in [1.807, 2.05) is 6.07 Å². The van der Waals surface area contributed by atoms with Crippen LogP contribution in [0.1, 0.15) is 0 Å². The normalized spacial score (nSPS) is 11.9. The molecule has 2 aromatic heterocycles. The number of fused-ring (bicyclic) bond motifs is 11. The minimum atomic E-state index is 0.865. The number of hydrogen-bond acceptors (Lipinski definition) is 2. The highest BCUT2D eigenvalue weighted by Crippen LogP contribution is 2.49. The van der Waals surface area contributed by atoms with Crippen molar-refractivity contribution in [1.82, 2.24) is 0 Å². The molecule has 0 N–H and O–H groups in total. The van der Waals surface area contributed by atoms with Gasteiger partial charge >= 0.3 is 0 Å². The van der Waals surface area contributed by atoms with Crippen molar-refractivity contribution in [2.75, 3.05) is 0 Å². The van der Waals surface area contributed by atoms with Crippen molar-refractivity contribution in [2.45, 2.75) is 0 Å². The van der Waals surface area contributed by atoms with E-state index in [1.54, 1.807) is 0 Å². The molecule has 0 aliphatic heterocycles. The molecule has 0 saturated heterocycles. The molecule has 0 aliphatic rings. The van der Waals surface area contributed by atoms with Gasteiger partial charge < -0.3 is 8.83 Å².